The molecule has 0 fully saturated rings. The monoisotopic (exact) mass is 356 g/mol. The molecule has 0 saturated carbocycles. The number of carbonyl (C=O) groups is 1. The normalized spacial score (nSPS) is 11.7. The molecule has 0 bridgehead atoms. The van der Waals surface area contributed by atoms with E-state index >= 15 is 0 Å². The molecule has 0 aliphatic rings. The number of fused-ring (bicyclic) bond motifs is 1. The fourth-order valence-corrected chi connectivity index (χ4v) is 2.52. The third kappa shape index (κ3) is 6.08. The first-order chi connectivity index (χ1) is 12.4. The van der Waals surface area contributed by atoms with Crippen LogP contribution >= 0.6 is 0 Å². The maximum Gasteiger partial charge on any atom is 0.407 e. The van der Waals surface area contributed by atoms with Crippen LogP contribution in [0.2, 0.25) is 0 Å². The third-order valence-electron chi connectivity index (χ3n) is 3.60. The number of benzene rings is 2. The Morgan fingerprint density at radius 1 is 1.15 bits per heavy atom. The molecule has 5 heteroatoms. The smallest absolute Gasteiger partial charge is 0.407 e. The van der Waals surface area contributed by atoms with Crippen LogP contribution in [0.25, 0.3) is 16.8 Å². The van der Waals surface area contributed by atoms with E-state index in [0.29, 0.717) is 26.1 Å². The van der Waals surface area contributed by atoms with Crippen molar-refractivity contribution in [3.63, 3.8) is 0 Å². The first-order valence-corrected chi connectivity index (χ1v) is 8.89. The quantitative estimate of drug-likeness (QED) is 0.732. The fourth-order valence-electron chi connectivity index (χ4n) is 2.52. The standard InChI is InChI=1S/C21H28N2O3/c1-21(2,3)26-20(24)23-14-7-15-25-19-12-11-16(8-6-13-22)17-9-4-5-10-18(17)19/h4-6,8-12H,7,13-15,22H2,1-3H3,(H,23,24)/b8-6+. The van der Waals surface area contributed by atoms with E-state index in [-0.39, 0.29) is 0 Å². The highest BCUT2D eigenvalue weighted by molar-refractivity contribution is 5.94. The Bertz CT molecular complexity index is 763. The van der Waals surface area contributed by atoms with Crippen LogP contribution < -0.4 is 15.8 Å². The van der Waals surface area contributed by atoms with E-state index in [4.69, 9.17) is 15.2 Å². The van der Waals surface area contributed by atoms with Crippen molar-refractivity contribution in [2.75, 3.05) is 19.7 Å². The van der Waals surface area contributed by atoms with Crippen molar-refractivity contribution in [3.05, 3.63) is 48.0 Å². The molecular weight excluding hydrogens is 328 g/mol. The molecule has 0 saturated heterocycles. The lowest BCUT2D eigenvalue weighted by Gasteiger charge is -2.19. The molecule has 3 N–H and O–H groups in total. The SMILES string of the molecule is CC(C)(C)OC(=O)NCCCOc1ccc(/C=C/CN)c2ccccc12. The molecule has 0 spiro atoms. The van der Waals surface area contributed by atoms with E-state index < -0.39 is 11.7 Å². The first kappa shape index (κ1) is 19.8. The summed E-state index contributed by atoms with van der Waals surface area (Å²) < 4.78 is 11.1. The molecule has 2 rings (SSSR count). The molecule has 0 aromatic heterocycles. The van der Waals surface area contributed by atoms with Gasteiger partial charge in [-0.05, 0) is 44.2 Å². The summed E-state index contributed by atoms with van der Waals surface area (Å²) in [5.41, 5.74) is 6.18. The summed E-state index contributed by atoms with van der Waals surface area (Å²) in [6.45, 7) is 7.05. The van der Waals surface area contributed by atoms with Gasteiger partial charge in [0.15, 0.2) is 0 Å². The molecule has 0 aliphatic carbocycles. The third-order valence-corrected chi connectivity index (χ3v) is 3.60. The molecule has 0 radical (unpaired) electrons. The Hall–Kier alpha value is -2.53. The minimum absolute atomic E-state index is 0.404. The summed E-state index contributed by atoms with van der Waals surface area (Å²) >= 11 is 0. The fraction of sp³-hybridized carbons (Fsp3) is 0.381. The molecule has 0 heterocycles. The van der Waals surface area contributed by atoms with Gasteiger partial charge < -0.3 is 20.5 Å². The topological polar surface area (TPSA) is 73.6 Å². The highest BCUT2D eigenvalue weighted by Crippen LogP contribution is 2.29. The van der Waals surface area contributed by atoms with E-state index in [1.54, 1.807) is 0 Å². The van der Waals surface area contributed by atoms with Crippen LogP contribution in [0.15, 0.2) is 42.5 Å². The van der Waals surface area contributed by atoms with Gasteiger partial charge in [0.2, 0.25) is 0 Å². The van der Waals surface area contributed by atoms with Crippen LogP contribution in [0.1, 0.15) is 32.8 Å². The molecule has 5 nitrogen and oxygen atoms in total. The van der Waals surface area contributed by atoms with Crippen molar-refractivity contribution in [2.45, 2.75) is 32.8 Å². The molecule has 0 aliphatic heterocycles. The first-order valence-electron chi connectivity index (χ1n) is 8.89. The van der Waals surface area contributed by atoms with Gasteiger partial charge in [-0.25, -0.2) is 4.79 Å². The lowest BCUT2D eigenvalue weighted by atomic mass is 10.0. The summed E-state index contributed by atoms with van der Waals surface area (Å²) in [5.74, 6) is 0.836. The average molecular weight is 356 g/mol. The number of carbonyl (C=O) groups excluding carboxylic acids is 1. The number of nitrogens with one attached hydrogen (secondary N) is 1. The molecule has 2 aromatic rings. The van der Waals surface area contributed by atoms with Crippen molar-refractivity contribution in [1.29, 1.82) is 0 Å². The molecule has 140 valence electrons. The summed E-state index contributed by atoms with van der Waals surface area (Å²) in [5, 5.41) is 4.92. The van der Waals surface area contributed by atoms with Gasteiger partial charge in [0.25, 0.3) is 0 Å². The van der Waals surface area contributed by atoms with Crippen LogP contribution in [0.3, 0.4) is 0 Å². The average Bonchev–Trinajstić information content (AvgIpc) is 2.59. The van der Waals surface area contributed by atoms with Crippen molar-refractivity contribution >= 4 is 22.9 Å². The van der Waals surface area contributed by atoms with Gasteiger partial charge in [-0.15, -0.1) is 0 Å². The Balaban J connectivity index is 1.91. The van der Waals surface area contributed by atoms with E-state index in [2.05, 4.69) is 11.4 Å². The molecule has 26 heavy (non-hydrogen) atoms. The molecule has 1 amide bonds. The zero-order valence-electron chi connectivity index (χ0n) is 15.7. The van der Waals surface area contributed by atoms with Crippen LogP contribution in [0, 0.1) is 0 Å². The summed E-state index contributed by atoms with van der Waals surface area (Å²) in [7, 11) is 0. The second-order valence-corrected chi connectivity index (χ2v) is 6.97. The van der Waals surface area contributed by atoms with Gasteiger partial charge in [0, 0.05) is 18.5 Å². The predicted octanol–water partition coefficient (Wildman–Crippen LogP) is 4.11. The zero-order valence-corrected chi connectivity index (χ0v) is 15.7. The largest absolute Gasteiger partial charge is 0.493 e. The van der Waals surface area contributed by atoms with E-state index in [9.17, 15) is 4.79 Å². The summed E-state index contributed by atoms with van der Waals surface area (Å²) in [6, 6.07) is 12.1. The van der Waals surface area contributed by atoms with Crippen LogP contribution in [-0.2, 0) is 4.74 Å². The number of amides is 1. The minimum Gasteiger partial charge on any atom is -0.493 e. The maximum atomic E-state index is 11.6. The van der Waals surface area contributed by atoms with Crippen LogP contribution in [0.5, 0.6) is 5.75 Å². The Morgan fingerprint density at radius 3 is 2.58 bits per heavy atom. The number of hydrogen-bond acceptors (Lipinski definition) is 4. The Kier molecular flexibility index (Phi) is 7.04. The van der Waals surface area contributed by atoms with Crippen molar-refractivity contribution < 1.29 is 14.3 Å². The predicted molar refractivity (Wildman–Crippen MR) is 106 cm³/mol. The highest BCUT2D eigenvalue weighted by Gasteiger charge is 2.15. The van der Waals surface area contributed by atoms with Gasteiger partial charge in [-0.2, -0.15) is 0 Å². The maximum absolute atomic E-state index is 11.6. The summed E-state index contributed by atoms with van der Waals surface area (Å²) in [6.07, 6.45) is 4.25. The number of rotatable bonds is 7. The lowest BCUT2D eigenvalue weighted by molar-refractivity contribution is 0.0525. The van der Waals surface area contributed by atoms with E-state index in [1.165, 1.54) is 0 Å². The van der Waals surface area contributed by atoms with Crippen LogP contribution in [-0.4, -0.2) is 31.4 Å². The number of ether oxygens (including phenoxy) is 2. The molecule has 0 unspecified atom stereocenters. The Morgan fingerprint density at radius 2 is 1.88 bits per heavy atom. The summed E-state index contributed by atoms with van der Waals surface area (Å²) in [4.78, 5) is 11.6. The number of hydrogen-bond donors (Lipinski definition) is 2. The molecular formula is C21H28N2O3. The van der Waals surface area contributed by atoms with Gasteiger partial charge in [-0.3, -0.25) is 0 Å². The minimum atomic E-state index is -0.487. The highest BCUT2D eigenvalue weighted by atomic mass is 16.6. The van der Waals surface area contributed by atoms with E-state index in [1.807, 2.05) is 63.3 Å². The van der Waals surface area contributed by atoms with Gasteiger partial charge >= 0.3 is 6.09 Å². The second-order valence-electron chi connectivity index (χ2n) is 6.97. The van der Waals surface area contributed by atoms with Gasteiger partial charge in [0.1, 0.15) is 11.4 Å². The van der Waals surface area contributed by atoms with Crippen molar-refractivity contribution in [2.24, 2.45) is 5.73 Å². The zero-order chi connectivity index (χ0) is 19.0. The molecule has 0 atom stereocenters. The van der Waals surface area contributed by atoms with Crippen LogP contribution in [0.4, 0.5) is 4.79 Å². The van der Waals surface area contributed by atoms with Crippen molar-refractivity contribution in [3.8, 4) is 5.75 Å². The number of alkyl carbamates (subject to hydrolysis) is 1. The van der Waals surface area contributed by atoms with Gasteiger partial charge in [0.05, 0.1) is 6.61 Å². The number of nitrogens with two attached hydrogens (primary N) is 1. The van der Waals surface area contributed by atoms with Gasteiger partial charge in [-0.1, -0.05) is 42.5 Å². The van der Waals surface area contributed by atoms with Crippen molar-refractivity contribution in [1.82, 2.24) is 5.32 Å². The second kappa shape index (κ2) is 9.25. The molecule has 2 aromatic carbocycles. The lowest BCUT2D eigenvalue weighted by Crippen LogP contribution is -2.33. The Labute approximate surface area is 155 Å². The van der Waals surface area contributed by atoms with E-state index in [0.717, 1.165) is 22.1 Å².